The van der Waals surface area contributed by atoms with Crippen molar-refractivity contribution in [2.45, 2.75) is 58.9 Å². The van der Waals surface area contributed by atoms with Gasteiger partial charge < -0.3 is 5.73 Å². The average molecular weight is 225 g/mol. The van der Waals surface area contributed by atoms with Gasteiger partial charge in [0.25, 0.3) is 0 Å². The van der Waals surface area contributed by atoms with Crippen LogP contribution in [0.3, 0.4) is 0 Å². The first-order valence-corrected chi connectivity index (χ1v) is 6.51. The first-order valence-electron chi connectivity index (χ1n) is 6.51. The highest BCUT2D eigenvalue weighted by molar-refractivity contribution is 5.77. The number of amidine groups is 1. The summed E-state index contributed by atoms with van der Waals surface area (Å²) in [7, 11) is 0. The first kappa shape index (κ1) is 13.5. The van der Waals surface area contributed by atoms with E-state index in [1.807, 2.05) is 0 Å². The molecule has 1 atom stereocenters. The van der Waals surface area contributed by atoms with Crippen LogP contribution in [0.2, 0.25) is 0 Å². The third-order valence-corrected chi connectivity index (χ3v) is 3.82. The topological polar surface area (TPSA) is 53.1 Å². The maximum Gasteiger partial charge on any atom is 0.0921 e. The van der Waals surface area contributed by atoms with Gasteiger partial charge >= 0.3 is 0 Å². The minimum atomic E-state index is 0.329. The Hall–Kier alpha value is -0.570. The van der Waals surface area contributed by atoms with Gasteiger partial charge in [0.2, 0.25) is 0 Å². The van der Waals surface area contributed by atoms with Crippen molar-refractivity contribution in [1.82, 2.24) is 4.90 Å². The molecule has 1 rings (SSSR count). The summed E-state index contributed by atoms with van der Waals surface area (Å²) < 4.78 is 0. The smallest absolute Gasteiger partial charge is 0.0921 e. The summed E-state index contributed by atoms with van der Waals surface area (Å²) in [6, 6.07) is 0.478. The second-order valence-electron chi connectivity index (χ2n) is 5.85. The third-order valence-electron chi connectivity index (χ3n) is 3.82. The van der Waals surface area contributed by atoms with Crippen LogP contribution in [0, 0.1) is 10.8 Å². The lowest BCUT2D eigenvalue weighted by atomic mass is 9.85. The van der Waals surface area contributed by atoms with E-state index < -0.39 is 0 Å². The molecule has 1 aliphatic heterocycles. The zero-order valence-corrected chi connectivity index (χ0v) is 11.1. The molecular formula is C13H27N3. The molecular weight excluding hydrogens is 198 g/mol. The molecule has 1 aliphatic rings. The first-order chi connectivity index (χ1) is 7.44. The van der Waals surface area contributed by atoms with Crippen molar-refractivity contribution in [2.75, 3.05) is 13.1 Å². The monoisotopic (exact) mass is 225 g/mol. The van der Waals surface area contributed by atoms with Gasteiger partial charge in [0.15, 0.2) is 0 Å². The van der Waals surface area contributed by atoms with Gasteiger partial charge in [-0.25, -0.2) is 0 Å². The molecule has 0 aromatic rings. The number of hydrogen-bond donors (Lipinski definition) is 2. The summed E-state index contributed by atoms with van der Waals surface area (Å²) in [6.45, 7) is 9.27. The van der Waals surface area contributed by atoms with Crippen molar-refractivity contribution < 1.29 is 0 Å². The van der Waals surface area contributed by atoms with E-state index in [4.69, 9.17) is 11.1 Å². The van der Waals surface area contributed by atoms with Crippen LogP contribution in [0.5, 0.6) is 0 Å². The summed E-state index contributed by atoms with van der Waals surface area (Å²) in [5, 5.41) is 7.43. The standard InChI is InChI=1S/C13H27N3/c1-4-11(10-12(14)15)16-8-5-6-13(2,3)7-9-16/h11H,4-10H2,1-3H3,(H3,14,15). The van der Waals surface area contributed by atoms with Gasteiger partial charge in [0, 0.05) is 12.5 Å². The second-order valence-corrected chi connectivity index (χ2v) is 5.85. The number of likely N-dealkylation sites (tertiary alicyclic amines) is 1. The second kappa shape index (κ2) is 5.67. The van der Waals surface area contributed by atoms with Crippen LogP contribution in [0.1, 0.15) is 52.9 Å². The van der Waals surface area contributed by atoms with Crippen molar-refractivity contribution in [2.24, 2.45) is 11.1 Å². The van der Waals surface area contributed by atoms with Crippen LogP contribution in [0.25, 0.3) is 0 Å². The summed E-state index contributed by atoms with van der Waals surface area (Å²) >= 11 is 0. The number of rotatable bonds is 4. The van der Waals surface area contributed by atoms with Gasteiger partial charge in [-0.3, -0.25) is 10.3 Å². The molecule has 3 nitrogen and oxygen atoms in total. The quantitative estimate of drug-likeness (QED) is 0.571. The minimum absolute atomic E-state index is 0.329. The molecule has 0 amide bonds. The van der Waals surface area contributed by atoms with Crippen LogP contribution in [-0.4, -0.2) is 29.9 Å². The van der Waals surface area contributed by atoms with E-state index in [9.17, 15) is 0 Å². The van der Waals surface area contributed by atoms with Crippen LogP contribution in [-0.2, 0) is 0 Å². The molecule has 1 fully saturated rings. The zero-order valence-electron chi connectivity index (χ0n) is 11.1. The Bertz CT molecular complexity index is 235. The Balaban J connectivity index is 2.54. The van der Waals surface area contributed by atoms with Gasteiger partial charge in [-0.1, -0.05) is 20.8 Å². The van der Waals surface area contributed by atoms with Gasteiger partial charge in [-0.15, -0.1) is 0 Å². The molecule has 1 saturated heterocycles. The molecule has 94 valence electrons. The van der Waals surface area contributed by atoms with Crippen molar-refractivity contribution in [1.29, 1.82) is 5.41 Å². The lowest BCUT2D eigenvalue weighted by molar-refractivity contribution is 0.193. The summed E-state index contributed by atoms with van der Waals surface area (Å²) in [6.07, 6.45) is 5.69. The Morgan fingerprint density at radius 2 is 2.06 bits per heavy atom. The number of nitrogens with zero attached hydrogens (tertiary/aromatic N) is 1. The Kier molecular flexibility index (Phi) is 4.78. The fourth-order valence-corrected chi connectivity index (χ4v) is 2.59. The molecule has 0 aromatic carbocycles. The van der Waals surface area contributed by atoms with E-state index in [0.29, 0.717) is 17.3 Å². The Morgan fingerprint density at radius 1 is 1.38 bits per heavy atom. The van der Waals surface area contributed by atoms with E-state index in [2.05, 4.69) is 25.7 Å². The molecule has 1 heterocycles. The molecule has 0 aromatic heterocycles. The summed E-state index contributed by atoms with van der Waals surface area (Å²) in [5.74, 6) is 0.329. The van der Waals surface area contributed by atoms with Crippen LogP contribution in [0.15, 0.2) is 0 Å². The molecule has 0 radical (unpaired) electrons. The summed E-state index contributed by atoms with van der Waals surface area (Å²) in [4.78, 5) is 2.54. The number of hydrogen-bond acceptors (Lipinski definition) is 2. The van der Waals surface area contributed by atoms with Crippen LogP contribution < -0.4 is 5.73 Å². The molecule has 16 heavy (non-hydrogen) atoms. The Labute approximate surface area is 99.9 Å². The van der Waals surface area contributed by atoms with Gasteiger partial charge in [0.05, 0.1) is 5.84 Å². The van der Waals surface area contributed by atoms with E-state index in [-0.39, 0.29) is 0 Å². The van der Waals surface area contributed by atoms with Crippen molar-refractivity contribution >= 4 is 5.84 Å². The van der Waals surface area contributed by atoms with Gasteiger partial charge in [0.1, 0.15) is 0 Å². The third kappa shape index (κ3) is 4.12. The predicted molar refractivity (Wildman–Crippen MR) is 69.8 cm³/mol. The van der Waals surface area contributed by atoms with Crippen molar-refractivity contribution in [3.8, 4) is 0 Å². The molecule has 3 heteroatoms. The van der Waals surface area contributed by atoms with E-state index in [1.54, 1.807) is 0 Å². The highest BCUT2D eigenvalue weighted by Crippen LogP contribution is 2.30. The molecule has 0 aliphatic carbocycles. The van der Waals surface area contributed by atoms with Crippen LogP contribution >= 0.6 is 0 Å². The zero-order chi connectivity index (χ0) is 12.2. The highest BCUT2D eigenvalue weighted by Gasteiger charge is 2.26. The maximum atomic E-state index is 7.43. The molecule has 0 bridgehead atoms. The van der Waals surface area contributed by atoms with E-state index >= 15 is 0 Å². The van der Waals surface area contributed by atoms with Crippen molar-refractivity contribution in [3.63, 3.8) is 0 Å². The largest absolute Gasteiger partial charge is 0.388 e. The SMILES string of the molecule is CCC(CC(=N)N)N1CCCC(C)(C)CC1. The number of nitrogens with two attached hydrogens (primary N) is 1. The summed E-state index contributed by atoms with van der Waals surface area (Å²) in [5.41, 5.74) is 6.01. The fourth-order valence-electron chi connectivity index (χ4n) is 2.59. The van der Waals surface area contributed by atoms with Gasteiger partial charge in [-0.2, -0.15) is 0 Å². The van der Waals surface area contributed by atoms with Gasteiger partial charge in [-0.05, 0) is 44.2 Å². The van der Waals surface area contributed by atoms with E-state index in [1.165, 1.54) is 32.4 Å². The Morgan fingerprint density at radius 3 is 2.62 bits per heavy atom. The maximum absolute atomic E-state index is 7.43. The fraction of sp³-hybridized carbons (Fsp3) is 0.923. The minimum Gasteiger partial charge on any atom is -0.388 e. The lowest BCUT2D eigenvalue weighted by Gasteiger charge is -2.30. The van der Waals surface area contributed by atoms with Crippen molar-refractivity contribution in [3.05, 3.63) is 0 Å². The van der Waals surface area contributed by atoms with Crippen LogP contribution in [0.4, 0.5) is 0 Å². The normalized spacial score (nSPS) is 23.7. The van der Waals surface area contributed by atoms with E-state index in [0.717, 1.165) is 12.8 Å². The molecule has 0 saturated carbocycles. The highest BCUT2D eigenvalue weighted by atomic mass is 15.2. The average Bonchev–Trinajstić information content (AvgIpc) is 2.35. The molecule has 3 N–H and O–H groups in total. The molecule has 1 unspecified atom stereocenters. The number of nitrogens with one attached hydrogen (secondary N) is 1. The molecule has 0 spiro atoms. The predicted octanol–water partition coefficient (Wildman–Crippen LogP) is 2.60. The lowest BCUT2D eigenvalue weighted by Crippen LogP contribution is -2.38.